The summed E-state index contributed by atoms with van der Waals surface area (Å²) in [6.45, 7) is 7.31. The van der Waals surface area contributed by atoms with Crippen LogP contribution in [0.5, 0.6) is 0 Å². The molecule has 1 saturated carbocycles. The number of hydrogen-bond donors (Lipinski definition) is 1. The Kier molecular flexibility index (Phi) is 4.24. The van der Waals surface area contributed by atoms with Gasteiger partial charge in [-0.05, 0) is 48.8 Å². The standard InChI is InChI=1S/C16H23F2N/c1-4-16(5-2)12(10-14(16)19-6-3)11-8-7-9-13(17)15(11)18/h7-9,12,14,19H,4-6,10H2,1-3H3. The number of halogens is 2. The maximum atomic E-state index is 14.0. The average Bonchev–Trinajstić information content (AvgIpc) is 2.40. The molecule has 2 atom stereocenters. The quantitative estimate of drug-likeness (QED) is 0.841. The van der Waals surface area contributed by atoms with Gasteiger partial charge in [0.05, 0.1) is 0 Å². The van der Waals surface area contributed by atoms with Crippen molar-refractivity contribution in [3.8, 4) is 0 Å². The fraction of sp³-hybridized carbons (Fsp3) is 0.625. The number of benzene rings is 1. The summed E-state index contributed by atoms with van der Waals surface area (Å²) >= 11 is 0. The highest BCUT2D eigenvalue weighted by Crippen LogP contribution is 2.57. The SMILES string of the molecule is CCNC1CC(c2cccc(F)c2F)C1(CC)CC. The molecule has 0 heterocycles. The molecule has 106 valence electrons. The van der Waals surface area contributed by atoms with Gasteiger partial charge in [0, 0.05) is 6.04 Å². The highest BCUT2D eigenvalue weighted by Gasteiger charge is 2.53. The summed E-state index contributed by atoms with van der Waals surface area (Å²) in [5.74, 6) is -1.26. The summed E-state index contributed by atoms with van der Waals surface area (Å²) in [5, 5.41) is 3.49. The molecular formula is C16H23F2N. The van der Waals surface area contributed by atoms with Gasteiger partial charge in [-0.2, -0.15) is 0 Å². The molecule has 1 aliphatic rings. The van der Waals surface area contributed by atoms with Gasteiger partial charge in [-0.1, -0.05) is 32.9 Å². The monoisotopic (exact) mass is 267 g/mol. The number of hydrogen-bond acceptors (Lipinski definition) is 1. The fourth-order valence-electron chi connectivity index (χ4n) is 3.78. The van der Waals surface area contributed by atoms with E-state index in [9.17, 15) is 8.78 Å². The van der Waals surface area contributed by atoms with Crippen molar-refractivity contribution < 1.29 is 8.78 Å². The number of rotatable bonds is 5. The minimum Gasteiger partial charge on any atom is -0.314 e. The largest absolute Gasteiger partial charge is 0.314 e. The second-order valence-electron chi connectivity index (χ2n) is 5.48. The van der Waals surface area contributed by atoms with Gasteiger partial charge in [-0.3, -0.25) is 0 Å². The Balaban J connectivity index is 2.33. The summed E-state index contributed by atoms with van der Waals surface area (Å²) in [5.41, 5.74) is 0.614. The van der Waals surface area contributed by atoms with E-state index in [1.165, 1.54) is 6.07 Å². The van der Waals surface area contributed by atoms with Gasteiger partial charge >= 0.3 is 0 Å². The molecule has 0 saturated heterocycles. The van der Waals surface area contributed by atoms with Crippen LogP contribution in [-0.4, -0.2) is 12.6 Å². The first kappa shape index (κ1) is 14.4. The molecule has 2 unspecified atom stereocenters. The Hall–Kier alpha value is -0.960. The molecule has 2 rings (SSSR count). The zero-order valence-electron chi connectivity index (χ0n) is 12.0. The van der Waals surface area contributed by atoms with Crippen molar-refractivity contribution in [2.45, 2.75) is 52.0 Å². The summed E-state index contributed by atoms with van der Waals surface area (Å²) in [7, 11) is 0. The minimum atomic E-state index is -0.731. The Labute approximate surface area is 114 Å². The third-order valence-corrected chi connectivity index (χ3v) is 4.98. The zero-order chi connectivity index (χ0) is 14.0. The van der Waals surface area contributed by atoms with Gasteiger partial charge in [-0.25, -0.2) is 8.78 Å². The Morgan fingerprint density at radius 2 is 1.89 bits per heavy atom. The third kappa shape index (κ3) is 2.18. The van der Waals surface area contributed by atoms with E-state index < -0.39 is 11.6 Å². The van der Waals surface area contributed by atoms with Crippen LogP contribution in [-0.2, 0) is 0 Å². The van der Waals surface area contributed by atoms with Crippen LogP contribution in [0.2, 0.25) is 0 Å². The molecule has 19 heavy (non-hydrogen) atoms. The summed E-state index contributed by atoms with van der Waals surface area (Å²) < 4.78 is 27.4. The normalized spacial score (nSPS) is 25.1. The van der Waals surface area contributed by atoms with Crippen LogP contribution in [0.1, 0.15) is 51.5 Å². The highest BCUT2D eigenvalue weighted by molar-refractivity contribution is 5.30. The second kappa shape index (κ2) is 5.58. The first-order chi connectivity index (χ1) is 9.10. The topological polar surface area (TPSA) is 12.0 Å². The lowest BCUT2D eigenvalue weighted by molar-refractivity contribution is 0.0189. The van der Waals surface area contributed by atoms with Crippen LogP contribution in [0.15, 0.2) is 18.2 Å². The molecule has 0 amide bonds. The van der Waals surface area contributed by atoms with Gasteiger partial charge in [0.2, 0.25) is 0 Å². The van der Waals surface area contributed by atoms with E-state index in [1.807, 2.05) is 0 Å². The molecule has 1 aliphatic carbocycles. The van der Waals surface area contributed by atoms with E-state index in [0.29, 0.717) is 11.6 Å². The summed E-state index contributed by atoms with van der Waals surface area (Å²) in [4.78, 5) is 0. The van der Waals surface area contributed by atoms with Crippen molar-refractivity contribution in [1.82, 2.24) is 5.32 Å². The van der Waals surface area contributed by atoms with Crippen molar-refractivity contribution in [3.63, 3.8) is 0 Å². The molecule has 0 aromatic heterocycles. The molecule has 0 spiro atoms. The van der Waals surface area contributed by atoms with Crippen molar-refractivity contribution in [3.05, 3.63) is 35.4 Å². The maximum absolute atomic E-state index is 14.0. The van der Waals surface area contributed by atoms with Crippen LogP contribution < -0.4 is 5.32 Å². The minimum absolute atomic E-state index is 0.0602. The summed E-state index contributed by atoms with van der Waals surface area (Å²) in [6.07, 6.45) is 2.87. The lowest BCUT2D eigenvalue weighted by Gasteiger charge is -2.56. The van der Waals surface area contributed by atoms with Gasteiger partial charge in [0.1, 0.15) is 0 Å². The van der Waals surface area contributed by atoms with E-state index in [0.717, 1.165) is 25.8 Å². The molecular weight excluding hydrogens is 244 g/mol. The second-order valence-corrected chi connectivity index (χ2v) is 5.48. The predicted octanol–water partition coefficient (Wildman–Crippen LogP) is 4.24. The van der Waals surface area contributed by atoms with E-state index in [2.05, 4.69) is 26.1 Å². The van der Waals surface area contributed by atoms with E-state index in [4.69, 9.17) is 0 Å². The fourth-order valence-corrected chi connectivity index (χ4v) is 3.78. The highest BCUT2D eigenvalue weighted by atomic mass is 19.2. The Morgan fingerprint density at radius 3 is 2.47 bits per heavy atom. The molecule has 3 heteroatoms. The van der Waals surface area contributed by atoms with Gasteiger partial charge in [-0.15, -0.1) is 0 Å². The molecule has 1 nitrogen and oxygen atoms in total. The molecule has 0 radical (unpaired) electrons. The van der Waals surface area contributed by atoms with Gasteiger partial charge in [0.25, 0.3) is 0 Å². The average molecular weight is 267 g/mol. The van der Waals surface area contributed by atoms with Crippen LogP contribution in [0.4, 0.5) is 8.78 Å². The lowest BCUT2D eigenvalue weighted by Crippen LogP contribution is -2.58. The van der Waals surface area contributed by atoms with Crippen LogP contribution in [0.25, 0.3) is 0 Å². The molecule has 1 fully saturated rings. The van der Waals surface area contributed by atoms with Crippen LogP contribution in [0, 0.1) is 17.0 Å². The van der Waals surface area contributed by atoms with Crippen molar-refractivity contribution in [2.75, 3.05) is 6.54 Å². The Bertz CT molecular complexity index is 440. The molecule has 1 N–H and O–H groups in total. The van der Waals surface area contributed by atoms with E-state index in [-0.39, 0.29) is 11.3 Å². The molecule has 1 aromatic carbocycles. The van der Waals surface area contributed by atoms with Crippen LogP contribution in [0.3, 0.4) is 0 Å². The van der Waals surface area contributed by atoms with Crippen molar-refractivity contribution >= 4 is 0 Å². The van der Waals surface area contributed by atoms with Crippen molar-refractivity contribution in [2.24, 2.45) is 5.41 Å². The third-order valence-electron chi connectivity index (χ3n) is 4.98. The molecule has 0 aliphatic heterocycles. The maximum Gasteiger partial charge on any atom is 0.162 e. The first-order valence-corrected chi connectivity index (χ1v) is 7.28. The smallest absolute Gasteiger partial charge is 0.162 e. The van der Waals surface area contributed by atoms with Crippen LogP contribution >= 0.6 is 0 Å². The lowest BCUT2D eigenvalue weighted by atomic mass is 9.51. The summed E-state index contributed by atoms with van der Waals surface area (Å²) in [6, 6.07) is 4.97. The van der Waals surface area contributed by atoms with Gasteiger partial charge < -0.3 is 5.32 Å². The molecule has 0 bridgehead atoms. The molecule has 1 aromatic rings. The predicted molar refractivity (Wildman–Crippen MR) is 74.2 cm³/mol. The van der Waals surface area contributed by atoms with E-state index >= 15 is 0 Å². The van der Waals surface area contributed by atoms with Gasteiger partial charge in [0.15, 0.2) is 11.6 Å². The zero-order valence-corrected chi connectivity index (χ0v) is 12.0. The van der Waals surface area contributed by atoms with Crippen molar-refractivity contribution in [1.29, 1.82) is 0 Å². The number of nitrogens with one attached hydrogen (secondary N) is 1. The Morgan fingerprint density at radius 1 is 1.21 bits per heavy atom. The first-order valence-electron chi connectivity index (χ1n) is 7.28. The van der Waals surface area contributed by atoms with E-state index in [1.54, 1.807) is 12.1 Å².